The number of allylic oxidation sites excluding steroid dienone is 2. The maximum Gasteiger partial charge on any atom is 0.156 e. The first kappa shape index (κ1) is 14.9. The molecular weight excluding hydrogens is 298 g/mol. The summed E-state index contributed by atoms with van der Waals surface area (Å²) < 4.78 is 1.85. The van der Waals surface area contributed by atoms with Gasteiger partial charge in [-0.3, -0.25) is 4.79 Å². The van der Waals surface area contributed by atoms with E-state index >= 15 is 0 Å². The zero-order chi connectivity index (χ0) is 16.6. The first-order chi connectivity index (χ1) is 11.7. The van der Waals surface area contributed by atoms with Gasteiger partial charge in [0, 0.05) is 29.6 Å². The van der Waals surface area contributed by atoms with E-state index in [1.54, 1.807) is 6.20 Å². The molecule has 24 heavy (non-hydrogen) atoms. The van der Waals surface area contributed by atoms with E-state index in [0.717, 1.165) is 29.8 Å². The predicted molar refractivity (Wildman–Crippen MR) is 96.8 cm³/mol. The molecule has 1 heterocycles. The Bertz CT molecular complexity index is 815. The molecule has 0 aliphatic heterocycles. The van der Waals surface area contributed by atoms with Crippen LogP contribution in [0, 0.1) is 0 Å². The van der Waals surface area contributed by atoms with Gasteiger partial charge in [0.25, 0.3) is 0 Å². The second-order valence-corrected chi connectivity index (χ2v) is 6.84. The molecule has 4 nitrogen and oxygen atoms in total. The summed E-state index contributed by atoms with van der Waals surface area (Å²) in [7, 11) is 0. The van der Waals surface area contributed by atoms with Crippen molar-refractivity contribution in [2.24, 2.45) is 0 Å². The van der Waals surface area contributed by atoms with Gasteiger partial charge in [0.05, 0.1) is 5.69 Å². The SMILES string of the molecule is CC1(c2ccccc2)C=Cc2c(NC3CC3)nn(C=CC=O)c2C1. The van der Waals surface area contributed by atoms with Crippen LogP contribution in [-0.2, 0) is 16.6 Å². The Balaban J connectivity index is 1.75. The lowest BCUT2D eigenvalue weighted by Crippen LogP contribution is -2.26. The van der Waals surface area contributed by atoms with Crippen molar-refractivity contribution < 1.29 is 4.79 Å². The molecule has 0 radical (unpaired) electrons. The minimum Gasteiger partial charge on any atom is -0.365 e. The van der Waals surface area contributed by atoms with E-state index in [1.807, 2.05) is 10.7 Å². The maximum absolute atomic E-state index is 10.7. The van der Waals surface area contributed by atoms with E-state index in [2.05, 4.69) is 53.8 Å². The third-order valence-corrected chi connectivity index (χ3v) is 4.86. The summed E-state index contributed by atoms with van der Waals surface area (Å²) in [5.41, 5.74) is 3.50. The molecule has 1 saturated carbocycles. The standard InChI is InChI=1S/C20H21N3O/c1-20(15-6-3-2-4-7-15)11-10-17-18(14-20)23(12-5-13-24)22-19(17)21-16-8-9-16/h2-7,10-13,16H,8-9,14H2,1H3,(H,21,22). The highest BCUT2D eigenvalue weighted by Gasteiger charge is 2.33. The van der Waals surface area contributed by atoms with Gasteiger partial charge in [-0.05, 0) is 24.5 Å². The van der Waals surface area contributed by atoms with Crippen LogP contribution in [0.4, 0.5) is 5.82 Å². The molecule has 2 aliphatic rings. The first-order valence-electron chi connectivity index (χ1n) is 8.44. The summed E-state index contributed by atoms with van der Waals surface area (Å²) >= 11 is 0. The van der Waals surface area contributed by atoms with E-state index in [9.17, 15) is 4.79 Å². The molecule has 0 amide bonds. The van der Waals surface area contributed by atoms with Crippen molar-refractivity contribution >= 4 is 24.4 Å². The summed E-state index contributed by atoms with van der Waals surface area (Å²) in [6.07, 6.45) is 11.7. The lowest BCUT2D eigenvalue weighted by molar-refractivity contribution is -0.104. The summed E-state index contributed by atoms with van der Waals surface area (Å²) in [6.45, 7) is 2.25. The number of hydrogen-bond acceptors (Lipinski definition) is 3. The van der Waals surface area contributed by atoms with E-state index in [-0.39, 0.29) is 5.41 Å². The lowest BCUT2D eigenvalue weighted by atomic mass is 9.75. The van der Waals surface area contributed by atoms with E-state index < -0.39 is 0 Å². The summed E-state index contributed by atoms with van der Waals surface area (Å²) in [6, 6.07) is 11.1. The third-order valence-electron chi connectivity index (χ3n) is 4.86. The highest BCUT2D eigenvalue weighted by atomic mass is 16.1. The van der Waals surface area contributed by atoms with Crippen molar-refractivity contribution in [3.8, 4) is 0 Å². The largest absolute Gasteiger partial charge is 0.365 e. The number of aldehydes is 1. The van der Waals surface area contributed by atoms with Gasteiger partial charge in [-0.15, -0.1) is 0 Å². The van der Waals surface area contributed by atoms with Crippen LogP contribution >= 0.6 is 0 Å². The van der Waals surface area contributed by atoms with Crippen LogP contribution < -0.4 is 5.32 Å². The molecule has 0 spiro atoms. The first-order valence-corrected chi connectivity index (χ1v) is 8.44. The van der Waals surface area contributed by atoms with Gasteiger partial charge in [0.1, 0.15) is 6.29 Å². The van der Waals surface area contributed by atoms with Crippen LogP contribution in [0.15, 0.2) is 42.5 Å². The molecule has 0 saturated heterocycles. The molecule has 2 aromatic rings. The average molecular weight is 319 g/mol. The minimum absolute atomic E-state index is 0.0715. The van der Waals surface area contributed by atoms with Crippen molar-refractivity contribution in [1.29, 1.82) is 0 Å². The smallest absolute Gasteiger partial charge is 0.156 e. The fraction of sp³-hybridized carbons (Fsp3) is 0.300. The van der Waals surface area contributed by atoms with Gasteiger partial charge in [0.15, 0.2) is 5.82 Å². The van der Waals surface area contributed by atoms with Crippen molar-refractivity contribution in [3.63, 3.8) is 0 Å². The second-order valence-electron chi connectivity index (χ2n) is 6.84. The van der Waals surface area contributed by atoms with Crippen molar-refractivity contribution in [2.45, 2.75) is 37.6 Å². The van der Waals surface area contributed by atoms with Gasteiger partial charge < -0.3 is 5.32 Å². The number of rotatable bonds is 5. The van der Waals surface area contributed by atoms with Crippen LogP contribution in [0.3, 0.4) is 0 Å². The van der Waals surface area contributed by atoms with E-state index in [4.69, 9.17) is 0 Å². The van der Waals surface area contributed by atoms with Gasteiger partial charge in [0.2, 0.25) is 0 Å². The quantitative estimate of drug-likeness (QED) is 0.676. The average Bonchev–Trinajstić information content (AvgIpc) is 3.36. The van der Waals surface area contributed by atoms with Crippen LogP contribution in [0.5, 0.6) is 0 Å². The third kappa shape index (κ3) is 2.68. The number of benzene rings is 1. The van der Waals surface area contributed by atoms with Crippen LogP contribution in [0.2, 0.25) is 0 Å². The lowest BCUT2D eigenvalue weighted by Gasteiger charge is -2.30. The Kier molecular flexibility index (Phi) is 3.60. The van der Waals surface area contributed by atoms with Gasteiger partial charge in [-0.1, -0.05) is 49.4 Å². The van der Waals surface area contributed by atoms with E-state index in [0.29, 0.717) is 6.04 Å². The number of carbonyl (C=O) groups is 1. The van der Waals surface area contributed by atoms with Crippen LogP contribution in [-0.4, -0.2) is 22.1 Å². The van der Waals surface area contributed by atoms with Crippen molar-refractivity contribution in [2.75, 3.05) is 5.32 Å². The second kappa shape index (κ2) is 5.78. The highest BCUT2D eigenvalue weighted by Crippen LogP contribution is 2.39. The molecular formula is C20H21N3O. The predicted octanol–water partition coefficient (Wildman–Crippen LogP) is 3.65. The fourth-order valence-electron chi connectivity index (χ4n) is 3.29. The topological polar surface area (TPSA) is 46.9 Å². The molecule has 4 heteroatoms. The zero-order valence-electron chi connectivity index (χ0n) is 13.8. The Labute approximate surface area is 141 Å². The molecule has 4 rings (SSSR count). The number of fused-ring (bicyclic) bond motifs is 1. The summed E-state index contributed by atoms with van der Waals surface area (Å²) in [5.74, 6) is 0.925. The van der Waals surface area contributed by atoms with Crippen molar-refractivity contribution in [3.05, 3.63) is 59.3 Å². The maximum atomic E-state index is 10.7. The number of carbonyl (C=O) groups excluding carboxylic acids is 1. The Hall–Kier alpha value is -2.62. The molecule has 1 aromatic carbocycles. The number of hydrogen-bond donors (Lipinski definition) is 1. The summed E-state index contributed by atoms with van der Waals surface area (Å²) in [5, 5.41) is 8.18. The zero-order valence-corrected chi connectivity index (χ0v) is 13.8. The molecule has 1 aromatic heterocycles. The monoisotopic (exact) mass is 319 g/mol. The molecule has 2 aliphatic carbocycles. The van der Waals surface area contributed by atoms with Gasteiger partial charge >= 0.3 is 0 Å². The molecule has 1 N–H and O–H groups in total. The molecule has 122 valence electrons. The Morgan fingerprint density at radius 2 is 2.08 bits per heavy atom. The highest BCUT2D eigenvalue weighted by molar-refractivity contribution is 5.73. The fourth-order valence-corrected chi connectivity index (χ4v) is 3.29. The number of nitrogens with zero attached hydrogens (tertiary/aromatic N) is 2. The molecule has 1 atom stereocenters. The Morgan fingerprint density at radius 3 is 2.79 bits per heavy atom. The molecule has 1 fully saturated rings. The van der Waals surface area contributed by atoms with Gasteiger partial charge in [-0.2, -0.15) is 5.10 Å². The van der Waals surface area contributed by atoms with Crippen molar-refractivity contribution in [1.82, 2.24) is 9.78 Å². The Morgan fingerprint density at radius 1 is 1.29 bits per heavy atom. The van der Waals surface area contributed by atoms with Gasteiger partial charge in [-0.25, -0.2) is 4.68 Å². The molecule has 0 bridgehead atoms. The van der Waals surface area contributed by atoms with Crippen LogP contribution in [0.1, 0.15) is 36.6 Å². The number of aromatic nitrogens is 2. The minimum atomic E-state index is -0.0715. The molecule has 1 unspecified atom stereocenters. The summed E-state index contributed by atoms with van der Waals surface area (Å²) in [4.78, 5) is 10.7. The van der Waals surface area contributed by atoms with Crippen LogP contribution in [0.25, 0.3) is 12.3 Å². The number of anilines is 1. The van der Waals surface area contributed by atoms with E-state index in [1.165, 1.54) is 24.5 Å². The normalized spacial score (nSPS) is 22.5. The number of nitrogens with one attached hydrogen (secondary N) is 1.